The van der Waals surface area contributed by atoms with Crippen molar-refractivity contribution in [2.24, 2.45) is 0 Å². The molecule has 0 radical (unpaired) electrons. The van der Waals surface area contributed by atoms with Crippen molar-refractivity contribution in [1.82, 2.24) is 10.1 Å². The summed E-state index contributed by atoms with van der Waals surface area (Å²) in [5.74, 6) is -0.407. The van der Waals surface area contributed by atoms with Crippen LogP contribution in [0.25, 0.3) is 0 Å². The number of benzene rings is 3. The van der Waals surface area contributed by atoms with Crippen LogP contribution in [0.2, 0.25) is 0 Å². The minimum Gasteiger partial charge on any atom is -0.281 e. The number of hydrogen-bond donors (Lipinski definition) is 2. The van der Waals surface area contributed by atoms with Gasteiger partial charge in [0, 0.05) is 12.1 Å². The van der Waals surface area contributed by atoms with Crippen LogP contribution in [0.5, 0.6) is 0 Å². The van der Waals surface area contributed by atoms with E-state index < -0.39 is 15.9 Å². The van der Waals surface area contributed by atoms with Gasteiger partial charge in [0.2, 0.25) is 10.0 Å². The van der Waals surface area contributed by atoms with E-state index in [1.54, 1.807) is 17.1 Å². The molecule has 0 aliphatic rings. The van der Waals surface area contributed by atoms with Gasteiger partial charge in [-0.3, -0.25) is 15.2 Å². The second kappa shape index (κ2) is 9.87. The fourth-order valence-corrected chi connectivity index (χ4v) is 3.86. The Labute approximate surface area is 176 Å². The first-order valence-electron chi connectivity index (χ1n) is 9.38. The van der Waals surface area contributed by atoms with Crippen LogP contribution in [-0.4, -0.2) is 20.9 Å². The maximum absolute atomic E-state index is 12.9. The van der Waals surface area contributed by atoms with Crippen molar-refractivity contribution in [3.63, 3.8) is 0 Å². The van der Waals surface area contributed by atoms with E-state index in [1.807, 2.05) is 60.7 Å². The molecule has 2 N–H and O–H groups in total. The summed E-state index contributed by atoms with van der Waals surface area (Å²) in [5.41, 5.74) is 4.96. The Bertz CT molecular complexity index is 1100. The largest absolute Gasteiger partial charge is 0.281 e. The van der Waals surface area contributed by atoms with Crippen molar-refractivity contribution >= 4 is 21.6 Å². The average Bonchev–Trinajstić information content (AvgIpc) is 2.78. The topological polar surface area (TPSA) is 78.5 Å². The maximum Gasteiger partial charge on any atom is 0.269 e. The fraction of sp³-hybridized carbons (Fsp3) is 0.0870. The van der Waals surface area contributed by atoms with E-state index in [2.05, 4.69) is 16.7 Å². The van der Waals surface area contributed by atoms with Gasteiger partial charge in [-0.1, -0.05) is 60.7 Å². The van der Waals surface area contributed by atoms with Crippen LogP contribution in [0.15, 0.2) is 102 Å². The van der Waals surface area contributed by atoms with Gasteiger partial charge in [0.25, 0.3) is 5.91 Å². The average molecular weight is 422 g/mol. The number of sulfonamides is 1. The van der Waals surface area contributed by atoms with Gasteiger partial charge in [0.1, 0.15) is 0 Å². The minimum atomic E-state index is -3.72. The molecule has 0 saturated carbocycles. The summed E-state index contributed by atoms with van der Waals surface area (Å²) in [4.78, 5) is 12.9. The highest BCUT2D eigenvalue weighted by Crippen LogP contribution is 2.16. The van der Waals surface area contributed by atoms with Gasteiger partial charge in [-0.25, -0.2) is 13.1 Å². The van der Waals surface area contributed by atoms with Crippen LogP contribution in [0.3, 0.4) is 0 Å². The van der Waals surface area contributed by atoms with Crippen molar-refractivity contribution in [1.29, 1.82) is 0 Å². The van der Waals surface area contributed by atoms with Crippen LogP contribution >= 0.6 is 0 Å². The zero-order chi connectivity index (χ0) is 21.4. The highest BCUT2D eigenvalue weighted by atomic mass is 32.2. The Balaban J connectivity index is 1.84. The van der Waals surface area contributed by atoms with Crippen molar-refractivity contribution in [3.05, 3.63) is 109 Å². The molecule has 3 aromatic rings. The Morgan fingerprint density at radius 1 is 0.933 bits per heavy atom. The van der Waals surface area contributed by atoms with Crippen molar-refractivity contribution in [2.75, 3.05) is 11.6 Å². The summed E-state index contributed by atoms with van der Waals surface area (Å²) in [6.45, 7) is 4.07. The Hall–Kier alpha value is -3.42. The Kier molecular flexibility index (Phi) is 7.00. The first-order chi connectivity index (χ1) is 14.5. The molecule has 154 valence electrons. The van der Waals surface area contributed by atoms with Gasteiger partial charge >= 0.3 is 0 Å². The predicted octanol–water partition coefficient (Wildman–Crippen LogP) is 3.50. The lowest BCUT2D eigenvalue weighted by molar-refractivity contribution is 0.0948. The Morgan fingerprint density at radius 3 is 2.27 bits per heavy atom. The molecule has 30 heavy (non-hydrogen) atoms. The number of carbonyl (C=O) groups is 1. The molecule has 7 heteroatoms. The normalized spacial score (nSPS) is 10.9. The first kappa shape index (κ1) is 21.3. The lowest BCUT2D eigenvalue weighted by atomic mass is 10.2. The summed E-state index contributed by atoms with van der Waals surface area (Å²) in [7, 11) is -3.72. The van der Waals surface area contributed by atoms with E-state index >= 15 is 0 Å². The lowest BCUT2D eigenvalue weighted by Gasteiger charge is -2.25. The predicted molar refractivity (Wildman–Crippen MR) is 118 cm³/mol. The van der Waals surface area contributed by atoms with Crippen molar-refractivity contribution in [3.8, 4) is 0 Å². The van der Waals surface area contributed by atoms with Gasteiger partial charge in [-0.15, -0.1) is 6.58 Å². The summed E-state index contributed by atoms with van der Waals surface area (Å²) in [6, 6.07) is 25.1. The van der Waals surface area contributed by atoms with Gasteiger partial charge in [-0.05, 0) is 35.9 Å². The van der Waals surface area contributed by atoms with Crippen LogP contribution < -0.4 is 15.2 Å². The van der Waals surface area contributed by atoms with E-state index in [-0.39, 0.29) is 17.0 Å². The number of amides is 1. The standard InChI is InChI=1S/C23H23N3O3S/c1-2-16-24-30(28,29)22-15-9-12-20(17-22)23(27)25-26(21-13-7-4-8-14-21)18-19-10-5-3-6-11-19/h2-15,17,24H,1,16,18H2,(H,25,27). The third-order valence-electron chi connectivity index (χ3n) is 4.31. The van der Waals surface area contributed by atoms with Crippen molar-refractivity contribution < 1.29 is 13.2 Å². The highest BCUT2D eigenvalue weighted by Gasteiger charge is 2.17. The number of para-hydroxylation sites is 1. The molecule has 0 aromatic heterocycles. The highest BCUT2D eigenvalue weighted by molar-refractivity contribution is 7.89. The molecule has 0 atom stereocenters. The van der Waals surface area contributed by atoms with Gasteiger partial charge in [-0.2, -0.15) is 0 Å². The number of hydrazine groups is 1. The van der Waals surface area contributed by atoms with Crippen LogP contribution in [-0.2, 0) is 16.6 Å². The van der Waals surface area contributed by atoms with Gasteiger partial charge in [0.05, 0.1) is 17.1 Å². The molecule has 0 aliphatic carbocycles. The van der Waals surface area contributed by atoms with E-state index in [0.717, 1.165) is 11.3 Å². The molecular formula is C23H23N3O3S. The molecule has 0 spiro atoms. The molecule has 3 rings (SSSR count). The zero-order valence-electron chi connectivity index (χ0n) is 16.4. The van der Waals surface area contributed by atoms with E-state index in [1.165, 1.54) is 18.2 Å². The monoisotopic (exact) mass is 421 g/mol. The molecule has 0 saturated heterocycles. The van der Waals surface area contributed by atoms with Gasteiger partial charge in [0.15, 0.2) is 0 Å². The summed E-state index contributed by atoms with van der Waals surface area (Å²) >= 11 is 0. The van der Waals surface area contributed by atoms with Crippen LogP contribution in [0.4, 0.5) is 5.69 Å². The third-order valence-corrected chi connectivity index (χ3v) is 5.73. The molecule has 0 unspecified atom stereocenters. The molecule has 1 amide bonds. The molecule has 0 aliphatic heterocycles. The lowest BCUT2D eigenvalue weighted by Crippen LogP contribution is -2.42. The Morgan fingerprint density at radius 2 is 1.60 bits per heavy atom. The number of nitrogens with zero attached hydrogens (tertiary/aromatic N) is 1. The SMILES string of the molecule is C=CCNS(=O)(=O)c1cccc(C(=O)NN(Cc2ccccc2)c2ccccc2)c1. The molecule has 0 bridgehead atoms. The zero-order valence-corrected chi connectivity index (χ0v) is 17.2. The molecule has 6 nitrogen and oxygen atoms in total. The fourth-order valence-electron chi connectivity index (χ4n) is 2.81. The van der Waals surface area contributed by atoms with E-state index in [0.29, 0.717) is 6.54 Å². The summed E-state index contributed by atoms with van der Waals surface area (Å²) < 4.78 is 27.1. The third kappa shape index (κ3) is 5.56. The van der Waals surface area contributed by atoms with Crippen LogP contribution in [0.1, 0.15) is 15.9 Å². The number of hydrogen-bond acceptors (Lipinski definition) is 4. The van der Waals surface area contributed by atoms with E-state index in [9.17, 15) is 13.2 Å². The molecule has 0 fully saturated rings. The first-order valence-corrected chi connectivity index (χ1v) is 10.9. The number of anilines is 1. The van der Waals surface area contributed by atoms with E-state index in [4.69, 9.17) is 0 Å². The smallest absolute Gasteiger partial charge is 0.269 e. The quantitative estimate of drug-likeness (QED) is 0.409. The minimum absolute atomic E-state index is 0.0197. The summed E-state index contributed by atoms with van der Waals surface area (Å²) in [5, 5.41) is 1.73. The molecular weight excluding hydrogens is 398 g/mol. The van der Waals surface area contributed by atoms with Gasteiger partial charge < -0.3 is 0 Å². The second-order valence-corrected chi connectivity index (χ2v) is 8.28. The molecule has 0 heterocycles. The van der Waals surface area contributed by atoms with Crippen LogP contribution in [0, 0.1) is 0 Å². The number of rotatable bonds is 9. The van der Waals surface area contributed by atoms with Crippen molar-refractivity contribution in [2.45, 2.75) is 11.4 Å². The summed E-state index contributed by atoms with van der Waals surface area (Å²) in [6.07, 6.45) is 1.45. The number of nitrogens with one attached hydrogen (secondary N) is 2. The number of carbonyl (C=O) groups excluding carboxylic acids is 1. The molecule has 3 aromatic carbocycles. The second-order valence-electron chi connectivity index (χ2n) is 6.52. The maximum atomic E-state index is 12.9.